The number of hydrogen-bond donors (Lipinski definition) is 4. The van der Waals surface area contributed by atoms with Crippen molar-refractivity contribution in [1.82, 2.24) is 20.5 Å². The highest BCUT2D eigenvalue weighted by Crippen LogP contribution is 2.47. The summed E-state index contributed by atoms with van der Waals surface area (Å²) in [6.45, 7) is -0.533. The smallest absolute Gasteiger partial charge is 0.262 e. The maximum atomic E-state index is 14.1. The van der Waals surface area contributed by atoms with Gasteiger partial charge in [-0.15, -0.1) is 0 Å². The summed E-state index contributed by atoms with van der Waals surface area (Å²) in [6, 6.07) is 9.36. The molecule has 0 bridgehead atoms. The van der Waals surface area contributed by atoms with Crippen molar-refractivity contribution in [3.8, 4) is 0 Å². The molecule has 11 nitrogen and oxygen atoms in total. The van der Waals surface area contributed by atoms with E-state index in [9.17, 15) is 22.8 Å². The fourth-order valence-electron chi connectivity index (χ4n) is 5.41. The van der Waals surface area contributed by atoms with E-state index in [1.807, 2.05) is 5.43 Å². The van der Waals surface area contributed by atoms with Gasteiger partial charge in [0.25, 0.3) is 17.7 Å². The highest BCUT2D eigenvalue weighted by Gasteiger charge is 2.49. The molecule has 0 unspecified atom stereocenters. The number of fused-ring (bicyclic) bond motifs is 1. The quantitative estimate of drug-likeness (QED) is 0.206. The van der Waals surface area contributed by atoms with Crippen LogP contribution in [0.3, 0.4) is 0 Å². The van der Waals surface area contributed by atoms with Crippen molar-refractivity contribution in [2.24, 2.45) is 5.84 Å². The van der Waals surface area contributed by atoms with Crippen molar-refractivity contribution in [2.45, 2.75) is 49.7 Å². The zero-order chi connectivity index (χ0) is 28.3. The number of hydroxylamine groups is 1. The first-order valence-corrected chi connectivity index (χ1v) is 14.9. The molecule has 0 spiro atoms. The second-order valence-corrected chi connectivity index (χ2v) is 12.2. The van der Waals surface area contributed by atoms with Crippen LogP contribution < -0.4 is 21.5 Å². The number of carbonyl (C=O) groups excluding carboxylic acids is 3. The highest BCUT2D eigenvalue weighted by atomic mass is 35.5. The number of hydrogen-bond acceptors (Lipinski definition) is 7. The first kappa shape index (κ1) is 29.2. The Balaban J connectivity index is 1.87. The highest BCUT2D eigenvalue weighted by molar-refractivity contribution is 7.88. The summed E-state index contributed by atoms with van der Waals surface area (Å²) < 4.78 is 27.2. The van der Waals surface area contributed by atoms with Crippen LogP contribution in [0.4, 0.5) is 0 Å². The third-order valence-corrected chi connectivity index (χ3v) is 8.22. The van der Waals surface area contributed by atoms with Crippen LogP contribution in [-0.2, 0) is 24.4 Å². The molecule has 2 aromatic carbocycles. The van der Waals surface area contributed by atoms with Crippen molar-refractivity contribution in [3.05, 3.63) is 69.2 Å². The van der Waals surface area contributed by atoms with Crippen molar-refractivity contribution >= 4 is 50.9 Å². The van der Waals surface area contributed by atoms with Crippen LogP contribution in [0.1, 0.15) is 59.1 Å². The summed E-state index contributed by atoms with van der Waals surface area (Å²) in [4.78, 5) is 46.1. The topological polar surface area (TPSA) is 160 Å². The van der Waals surface area contributed by atoms with Gasteiger partial charge in [0, 0.05) is 27.7 Å². The van der Waals surface area contributed by atoms with Crippen LogP contribution in [0.2, 0.25) is 10.0 Å². The molecule has 5 N–H and O–H groups in total. The van der Waals surface area contributed by atoms with Gasteiger partial charge in [-0.25, -0.2) is 24.5 Å². The van der Waals surface area contributed by atoms with Crippen molar-refractivity contribution in [2.75, 3.05) is 12.9 Å². The van der Waals surface area contributed by atoms with Crippen LogP contribution in [0, 0.1) is 0 Å². The Morgan fingerprint density at radius 3 is 2.51 bits per heavy atom. The second-order valence-electron chi connectivity index (χ2n) is 9.56. The number of nitrogens with two attached hydrogens (primary N) is 1. The molecule has 14 heteroatoms. The van der Waals surface area contributed by atoms with Gasteiger partial charge in [-0.05, 0) is 42.2 Å². The molecule has 2 aromatic rings. The van der Waals surface area contributed by atoms with Gasteiger partial charge < -0.3 is 4.90 Å². The second kappa shape index (κ2) is 12.2. The monoisotopic (exact) mass is 597 g/mol. The predicted molar refractivity (Wildman–Crippen MR) is 145 cm³/mol. The summed E-state index contributed by atoms with van der Waals surface area (Å²) in [5.41, 5.74) is 5.39. The molecule has 210 valence electrons. The minimum Gasteiger partial charge on any atom is -0.326 e. The number of halogens is 2. The largest absolute Gasteiger partial charge is 0.326 e. The molecule has 4 atom stereocenters. The van der Waals surface area contributed by atoms with Crippen LogP contribution in [0.5, 0.6) is 0 Å². The van der Waals surface area contributed by atoms with E-state index in [4.69, 9.17) is 33.9 Å². The summed E-state index contributed by atoms with van der Waals surface area (Å²) in [6.07, 6.45) is 3.62. The number of nitrogens with one attached hydrogen (secondary N) is 3. The van der Waals surface area contributed by atoms with E-state index in [0.717, 1.165) is 19.1 Å². The fourth-order valence-corrected chi connectivity index (χ4v) is 6.75. The van der Waals surface area contributed by atoms with Crippen molar-refractivity contribution in [1.29, 1.82) is 0 Å². The SMILES string of the molecule is CS(=O)(=O)N[C@H]1CCCC[C@@H]1N1C(=O)c2ccccc2[C@@H](C(=O)NOCC(=O)NN)[C@@H]1c1ccc(Cl)cc1Cl. The van der Waals surface area contributed by atoms with E-state index in [1.165, 1.54) is 6.07 Å². The minimum atomic E-state index is -3.60. The van der Waals surface area contributed by atoms with Crippen LogP contribution in [0.25, 0.3) is 0 Å². The Morgan fingerprint density at radius 2 is 1.82 bits per heavy atom. The average Bonchev–Trinajstić information content (AvgIpc) is 2.88. The van der Waals surface area contributed by atoms with Gasteiger partial charge in [0.2, 0.25) is 10.0 Å². The van der Waals surface area contributed by atoms with Gasteiger partial charge in [-0.1, -0.05) is 60.3 Å². The lowest BCUT2D eigenvalue weighted by Gasteiger charge is -2.49. The molecule has 1 saturated carbocycles. The van der Waals surface area contributed by atoms with Gasteiger partial charge in [-0.2, -0.15) is 0 Å². The van der Waals surface area contributed by atoms with Gasteiger partial charge >= 0.3 is 0 Å². The number of nitrogens with zero attached hydrogens (tertiary/aromatic N) is 1. The minimum absolute atomic E-state index is 0.231. The molecule has 1 aliphatic heterocycles. The van der Waals surface area contributed by atoms with Gasteiger partial charge in [0.05, 0.1) is 18.2 Å². The van der Waals surface area contributed by atoms with E-state index < -0.39 is 52.5 Å². The zero-order valence-corrected chi connectivity index (χ0v) is 23.4. The zero-order valence-electron chi connectivity index (χ0n) is 21.0. The van der Waals surface area contributed by atoms with Gasteiger partial charge in [-0.3, -0.25) is 24.6 Å². The van der Waals surface area contributed by atoms with Crippen LogP contribution in [-0.4, -0.2) is 56.0 Å². The van der Waals surface area contributed by atoms with Crippen molar-refractivity contribution in [3.63, 3.8) is 0 Å². The number of hydrazine groups is 1. The fraction of sp³-hybridized carbons (Fsp3) is 0.400. The number of benzene rings is 2. The Labute approximate surface area is 236 Å². The maximum absolute atomic E-state index is 14.1. The maximum Gasteiger partial charge on any atom is 0.262 e. The summed E-state index contributed by atoms with van der Waals surface area (Å²) >= 11 is 12.8. The first-order chi connectivity index (χ1) is 18.5. The molecular weight excluding hydrogens is 569 g/mol. The number of amides is 3. The average molecular weight is 599 g/mol. The standard InChI is InChI=1S/C25H29Cl2N5O6S/c1-39(36,37)31-19-8-4-5-9-20(19)32-23(17-11-10-14(26)12-18(17)27)22(24(34)30-38-13-21(33)29-28)15-6-2-3-7-16(15)25(32)35/h2-3,6-7,10-12,19-20,22-23,31H,4-5,8-9,13,28H2,1H3,(H,29,33)(H,30,34)/t19-,20-,22+,23-/m0/s1. The van der Waals surface area contributed by atoms with E-state index in [-0.39, 0.29) is 10.9 Å². The molecule has 0 saturated heterocycles. The molecule has 39 heavy (non-hydrogen) atoms. The van der Waals surface area contributed by atoms with E-state index in [0.29, 0.717) is 34.6 Å². The molecule has 1 heterocycles. The number of sulfonamides is 1. The Morgan fingerprint density at radius 1 is 1.10 bits per heavy atom. The Hall–Kier alpha value is -2.74. The van der Waals surface area contributed by atoms with Gasteiger partial charge in [0.1, 0.15) is 0 Å². The molecule has 4 rings (SSSR count). The van der Waals surface area contributed by atoms with Crippen LogP contribution >= 0.6 is 23.2 Å². The lowest BCUT2D eigenvalue weighted by Crippen LogP contribution is -2.59. The number of carbonyl (C=O) groups is 3. The summed E-state index contributed by atoms with van der Waals surface area (Å²) in [5.74, 6) is 2.40. The summed E-state index contributed by atoms with van der Waals surface area (Å²) in [5, 5.41) is 0.596. The van der Waals surface area contributed by atoms with E-state index in [2.05, 4.69) is 10.2 Å². The number of rotatable bonds is 8. The molecule has 0 aromatic heterocycles. The predicted octanol–water partition coefficient (Wildman–Crippen LogP) is 2.17. The molecule has 0 radical (unpaired) electrons. The third-order valence-electron chi connectivity index (χ3n) is 6.93. The van der Waals surface area contributed by atoms with Gasteiger partial charge in [0.15, 0.2) is 6.61 Å². The van der Waals surface area contributed by atoms with E-state index in [1.54, 1.807) is 41.3 Å². The molecule has 1 fully saturated rings. The molecule has 2 aliphatic rings. The third kappa shape index (κ3) is 6.53. The summed E-state index contributed by atoms with van der Waals surface area (Å²) in [7, 11) is -3.60. The molecular formula is C25H29Cl2N5O6S. The lowest BCUT2D eigenvalue weighted by molar-refractivity contribution is -0.141. The van der Waals surface area contributed by atoms with E-state index >= 15 is 0 Å². The Bertz CT molecular complexity index is 1370. The lowest BCUT2D eigenvalue weighted by atomic mass is 9.76. The normalized spacial score (nSPS) is 23.2. The van der Waals surface area contributed by atoms with Crippen LogP contribution in [0.15, 0.2) is 42.5 Å². The Kier molecular flexibility index (Phi) is 9.14. The molecule has 3 amide bonds. The van der Waals surface area contributed by atoms with Crippen molar-refractivity contribution < 1.29 is 27.6 Å². The first-order valence-electron chi connectivity index (χ1n) is 12.3. The molecule has 1 aliphatic carbocycles.